The van der Waals surface area contributed by atoms with Crippen molar-refractivity contribution in [3.05, 3.63) is 48.0 Å². The van der Waals surface area contributed by atoms with Gasteiger partial charge in [-0.3, -0.25) is 0 Å². The van der Waals surface area contributed by atoms with E-state index in [2.05, 4.69) is 0 Å². The van der Waals surface area contributed by atoms with E-state index in [0.29, 0.717) is 12.0 Å². The number of hydrogen-bond acceptors (Lipinski definition) is 3. The van der Waals surface area contributed by atoms with Gasteiger partial charge in [0.15, 0.2) is 5.75 Å². The van der Waals surface area contributed by atoms with E-state index in [1.54, 1.807) is 23.6 Å². The number of carboxylic acids is 1. The van der Waals surface area contributed by atoms with Gasteiger partial charge in [0.05, 0.1) is 11.3 Å². The zero-order valence-electron chi connectivity index (χ0n) is 8.38. The number of rotatable bonds is 1. The van der Waals surface area contributed by atoms with Crippen molar-refractivity contribution in [1.82, 2.24) is 0 Å². The summed E-state index contributed by atoms with van der Waals surface area (Å²) in [6.07, 6.45) is 5.33. The van der Waals surface area contributed by atoms with Gasteiger partial charge in [-0.15, -0.1) is 0 Å². The van der Waals surface area contributed by atoms with E-state index in [0.717, 1.165) is 17.0 Å². The van der Waals surface area contributed by atoms with Gasteiger partial charge in [0.1, 0.15) is 6.26 Å². The van der Waals surface area contributed by atoms with Crippen LogP contribution in [0.15, 0.2) is 42.4 Å². The van der Waals surface area contributed by atoms with Crippen LogP contribution in [0.25, 0.3) is 0 Å². The first-order valence-electron chi connectivity index (χ1n) is 4.93. The monoisotopic (exact) mass is 215 g/mol. The molecule has 0 saturated heterocycles. The fraction of sp³-hybridized carbons (Fsp3) is 0.0833. The lowest BCUT2D eigenvalue weighted by molar-refractivity contribution is -0.132. The molecular weight excluding hydrogens is 206 g/mol. The summed E-state index contributed by atoms with van der Waals surface area (Å²) in [7, 11) is 0. The first kappa shape index (κ1) is 9.03. The Hall–Kier alpha value is -2.23. The van der Waals surface area contributed by atoms with E-state index in [1.165, 1.54) is 0 Å². The number of para-hydroxylation sites is 1. The zero-order chi connectivity index (χ0) is 11.1. The topological polar surface area (TPSA) is 49.8 Å². The molecule has 80 valence electrons. The third-order valence-electron chi connectivity index (χ3n) is 2.71. The maximum atomic E-state index is 11.0. The molecular formula is C12H9NO3. The molecule has 0 saturated carbocycles. The molecule has 0 unspecified atom stereocenters. The first-order valence-corrected chi connectivity index (χ1v) is 4.93. The van der Waals surface area contributed by atoms with Crippen LogP contribution in [-0.4, -0.2) is 11.1 Å². The highest BCUT2D eigenvalue weighted by Crippen LogP contribution is 2.39. The average molecular weight is 215 g/mol. The molecule has 2 heterocycles. The Morgan fingerprint density at radius 3 is 3.12 bits per heavy atom. The van der Waals surface area contributed by atoms with Gasteiger partial charge in [-0.1, -0.05) is 12.1 Å². The quantitative estimate of drug-likeness (QED) is 0.777. The summed E-state index contributed by atoms with van der Waals surface area (Å²) in [6.45, 7) is 0. The number of carboxylic acid groups (broad SMARTS) is 1. The Labute approximate surface area is 92.1 Å². The van der Waals surface area contributed by atoms with Crippen LogP contribution in [0.1, 0.15) is 5.56 Å². The van der Waals surface area contributed by atoms with Crippen molar-refractivity contribution in [2.75, 3.05) is 4.90 Å². The summed E-state index contributed by atoms with van der Waals surface area (Å²) in [5.74, 6) is -0.114. The number of aliphatic carboxylic acids is 1. The smallest absolute Gasteiger partial charge is 0.333 e. The summed E-state index contributed by atoms with van der Waals surface area (Å²) in [6, 6.07) is 5.66. The molecule has 0 radical (unpaired) electrons. The average Bonchev–Trinajstić information content (AvgIpc) is 2.29. The summed E-state index contributed by atoms with van der Waals surface area (Å²) in [5, 5.41) is 9.01. The number of nitrogens with zero attached hydrogens (tertiary/aromatic N) is 1. The minimum absolute atomic E-state index is 0.385. The summed E-state index contributed by atoms with van der Waals surface area (Å²) < 4.78 is 5.37. The molecule has 4 heteroatoms. The summed E-state index contributed by atoms with van der Waals surface area (Å²) in [5.41, 5.74) is 2.30. The molecule has 1 aromatic rings. The standard InChI is InChI=1S/C12H9NO3/c14-12(15)9-6-8-2-1-3-10-11(8)13(7-9)4-5-16-10/h1-5,7H,6H2,(H,14,15). The Balaban J connectivity index is 2.16. The van der Waals surface area contributed by atoms with E-state index in [9.17, 15) is 4.79 Å². The second kappa shape index (κ2) is 3.13. The van der Waals surface area contributed by atoms with E-state index < -0.39 is 5.97 Å². The molecule has 2 aliphatic heterocycles. The summed E-state index contributed by atoms with van der Waals surface area (Å²) >= 11 is 0. The van der Waals surface area contributed by atoms with Crippen molar-refractivity contribution in [1.29, 1.82) is 0 Å². The number of ether oxygens (including phenoxy) is 1. The van der Waals surface area contributed by atoms with Crippen molar-refractivity contribution in [2.24, 2.45) is 0 Å². The SMILES string of the molecule is O=C(O)C1=CN2C=COc3cccc(c32)C1. The minimum atomic E-state index is -0.879. The molecule has 16 heavy (non-hydrogen) atoms. The second-order valence-corrected chi connectivity index (χ2v) is 3.71. The lowest BCUT2D eigenvalue weighted by Crippen LogP contribution is -2.22. The maximum absolute atomic E-state index is 11.0. The van der Waals surface area contributed by atoms with Crippen LogP contribution in [0.5, 0.6) is 5.75 Å². The van der Waals surface area contributed by atoms with Crippen LogP contribution < -0.4 is 9.64 Å². The number of hydrogen-bond donors (Lipinski definition) is 1. The van der Waals surface area contributed by atoms with Gasteiger partial charge in [-0.2, -0.15) is 0 Å². The highest BCUT2D eigenvalue weighted by molar-refractivity contribution is 5.90. The predicted octanol–water partition coefficient (Wildman–Crippen LogP) is 1.88. The molecule has 0 amide bonds. The molecule has 4 nitrogen and oxygen atoms in total. The fourth-order valence-electron chi connectivity index (χ4n) is 2.00. The van der Waals surface area contributed by atoms with Gasteiger partial charge in [-0.25, -0.2) is 4.79 Å². The van der Waals surface area contributed by atoms with Crippen LogP contribution in [0.3, 0.4) is 0 Å². The fourth-order valence-corrected chi connectivity index (χ4v) is 2.00. The Kier molecular flexibility index (Phi) is 1.77. The molecule has 0 aromatic heterocycles. The molecule has 0 fully saturated rings. The molecule has 0 atom stereocenters. The first-order chi connectivity index (χ1) is 7.75. The molecule has 3 rings (SSSR count). The van der Waals surface area contributed by atoms with Crippen molar-refractivity contribution in [3.8, 4) is 5.75 Å². The van der Waals surface area contributed by atoms with Crippen LogP contribution in [0.4, 0.5) is 5.69 Å². The molecule has 0 bridgehead atoms. The van der Waals surface area contributed by atoms with Crippen molar-refractivity contribution < 1.29 is 14.6 Å². The van der Waals surface area contributed by atoms with Crippen LogP contribution in [0, 0.1) is 0 Å². The largest absolute Gasteiger partial charge is 0.478 e. The highest BCUT2D eigenvalue weighted by atomic mass is 16.5. The number of anilines is 1. The molecule has 0 aliphatic carbocycles. The van der Waals surface area contributed by atoms with Gasteiger partial charge in [-0.05, 0) is 11.6 Å². The third kappa shape index (κ3) is 1.20. The third-order valence-corrected chi connectivity index (χ3v) is 2.71. The second-order valence-electron chi connectivity index (χ2n) is 3.71. The van der Waals surface area contributed by atoms with E-state index in [4.69, 9.17) is 9.84 Å². The van der Waals surface area contributed by atoms with Crippen molar-refractivity contribution in [3.63, 3.8) is 0 Å². The normalized spacial score (nSPS) is 16.2. The van der Waals surface area contributed by atoms with Gasteiger partial charge < -0.3 is 14.7 Å². The zero-order valence-corrected chi connectivity index (χ0v) is 8.38. The number of benzene rings is 1. The lowest BCUT2D eigenvalue weighted by atomic mass is 9.99. The van der Waals surface area contributed by atoms with Crippen LogP contribution in [-0.2, 0) is 11.2 Å². The van der Waals surface area contributed by atoms with Crippen LogP contribution in [0.2, 0.25) is 0 Å². The lowest BCUT2D eigenvalue weighted by Gasteiger charge is -2.29. The van der Waals surface area contributed by atoms with Crippen molar-refractivity contribution in [2.45, 2.75) is 6.42 Å². The maximum Gasteiger partial charge on any atom is 0.333 e. The minimum Gasteiger partial charge on any atom is -0.478 e. The van der Waals surface area contributed by atoms with E-state index in [1.807, 2.05) is 18.2 Å². The number of carbonyl (C=O) groups is 1. The Morgan fingerprint density at radius 1 is 1.44 bits per heavy atom. The Morgan fingerprint density at radius 2 is 2.31 bits per heavy atom. The summed E-state index contributed by atoms with van der Waals surface area (Å²) in [4.78, 5) is 12.8. The molecule has 0 spiro atoms. The van der Waals surface area contributed by atoms with Gasteiger partial charge in [0.2, 0.25) is 0 Å². The molecule has 1 N–H and O–H groups in total. The van der Waals surface area contributed by atoms with Crippen molar-refractivity contribution >= 4 is 11.7 Å². The van der Waals surface area contributed by atoms with E-state index in [-0.39, 0.29) is 0 Å². The van der Waals surface area contributed by atoms with Gasteiger partial charge in [0.25, 0.3) is 0 Å². The van der Waals surface area contributed by atoms with Gasteiger partial charge in [0, 0.05) is 18.8 Å². The molecule has 2 aliphatic rings. The highest BCUT2D eigenvalue weighted by Gasteiger charge is 2.24. The molecule has 1 aromatic carbocycles. The van der Waals surface area contributed by atoms with Gasteiger partial charge >= 0.3 is 5.97 Å². The predicted molar refractivity (Wildman–Crippen MR) is 58.1 cm³/mol. The van der Waals surface area contributed by atoms with Crippen LogP contribution >= 0.6 is 0 Å². The van der Waals surface area contributed by atoms with E-state index >= 15 is 0 Å². The Bertz CT molecular complexity index is 531.